The SMILES string of the molecule is O=C1C=CC(=O)C(c2ccc(Cc3ccc(N4C(=O)C=CC4=O)cc3)cc2)CC1. The molecule has 0 aromatic heterocycles. The summed E-state index contributed by atoms with van der Waals surface area (Å²) >= 11 is 0. The van der Waals surface area contributed by atoms with Gasteiger partial charge < -0.3 is 0 Å². The van der Waals surface area contributed by atoms with E-state index in [0.29, 0.717) is 24.9 Å². The normalized spacial score (nSPS) is 19.2. The van der Waals surface area contributed by atoms with Crippen LogP contribution in [0.2, 0.25) is 0 Å². The number of nitrogens with zero attached hydrogens (tertiary/aromatic N) is 1. The minimum atomic E-state index is -0.331. The number of allylic oxidation sites excluding steroid dienone is 2. The number of carbonyl (C=O) groups is 4. The average Bonchev–Trinajstić information content (AvgIpc) is 2.96. The van der Waals surface area contributed by atoms with Gasteiger partial charge in [0.1, 0.15) is 0 Å². The van der Waals surface area contributed by atoms with Gasteiger partial charge in [-0.2, -0.15) is 0 Å². The molecule has 0 saturated heterocycles. The third kappa shape index (κ3) is 3.99. The number of rotatable bonds is 4. The molecule has 1 aliphatic heterocycles. The Morgan fingerprint density at radius 2 is 1.31 bits per heavy atom. The second-order valence-corrected chi connectivity index (χ2v) is 7.22. The Kier molecular flexibility index (Phi) is 5.04. The number of anilines is 1. The molecular formula is C24H19NO4. The van der Waals surface area contributed by atoms with Gasteiger partial charge >= 0.3 is 0 Å². The van der Waals surface area contributed by atoms with E-state index in [9.17, 15) is 19.2 Å². The highest BCUT2D eigenvalue weighted by Gasteiger charge is 2.25. The van der Waals surface area contributed by atoms with Gasteiger partial charge in [-0.05, 0) is 53.8 Å². The second-order valence-electron chi connectivity index (χ2n) is 7.22. The van der Waals surface area contributed by atoms with Gasteiger partial charge in [-0.15, -0.1) is 0 Å². The molecule has 144 valence electrons. The van der Waals surface area contributed by atoms with Gasteiger partial charge in [0.2, 0.25) is 0 Å². The summed E-state index contributed by atoms with van der Waals surface area (Å²) in [4.78, 5) is 48.4. The van der Waals surface area contributed by atoms with E-state index in [0.717, 1.165) is 21.6 Å². The molecule has 2 amide bonds. The lowest BCUT2D eigenvalue weighted by Gasteiger charge is -2.15. The molecule has 0 fully saturated rings. The van der Waals surface area contributed by atoms with E-state index in [1.807, 2.05) is 36.4 Å². The van der Waals surface area contributed by atoms with Crippen LogP contribution in [0.3, 0.4) is 0 Å². The fourth-order valence-electron chi connectivity index (χ4n) is 3.66. The Morgan fingerprint density at radius 3 is 1.93 bits per heavy atom. The van der Waals surface area contributed by atoms with Crippen molar-refractivity contribution < 1.29 is 19.2 Å². The van der Waals surface area contributed by atoms with E-state index in [4.69, 9.17) is 0 Å². The number of imide groups is 1. The first-order valence-corrected chi connectivity index (χ1v) is 9.50. The average molecular weight is 385 g/mol. The molecule has 29 heavy (non-hydrogen) atoms. The van der Waals surface area contributed by atoms with Crippen LogP contribution in [-0.2, 0) is 25.6 Å². The molecule has 1 aliphatic carbocycles. The highest BCUT2D eigenvalue weighted by molar-refractivity contribution is 6.28. The zero-order valence-corrected chi connectivity index (χ0v) is 15.7. The molecule has 0 N–H and O–H groups in total. The van der Waals surface area contributed by atoms with E-state index >= 15 is 0 Å². The van der Waals surface area contributed by atoms with Crippen molar-refractivity contribution >= 4 is 29.1 Å². The number of ketones is 2. The maximum absolute atomic E-state index is 12.2. The van der Waals surface area contributed by atoms with Crippen LogP contribution in [0, 0.1) is 0 Å². The minimum Gasteiger partial charge on any atom is -0.295 e. The first kappa shape index (κ1) is 18.7. The first-order valence-electron chi connectivity index (χ1n) is 9.50. The molecule has 5 nitrogen and oxygen atoms in total. The zero-order chi connectivity index (χ0) is 20.4. The van der Waals surface area contributed by atoms with Gasteiger partial charge in [0.15, 0.2) is 11.6 Å². The molecule has 0 saturated carbocycles. The summed E-state index contributed by atoms with van der Waals surface area (Å²) in [6, 6.07) is 15.2. The molecule has 2 aromatic carbocycles. The molecule has 2 aliphatic rings. The van der Waals surface area contributed by atoms with E-state index in [-0.39, 0.29) is 29.3 Å². The van der Waals surface area contributed by atoms with Crippen LogP contribution in [0.1, 0.15) is 35.4 Å². The fourth-order valence-corrected chi connectivity index (χ4v) is 3.66. The molecule has 0 radical (unpaired) electrons. The van der Waals surface area contributed by atoms with Crippen molar-refractivity contribution in [2.24, 2.45) is 0 Å². The standard InChI is InChI=1S/C24H19NO4/c26-20-9-11-21(22(27)12-10-20)18-5-1-16(2-6-18)15-17-3-7-19(8-4-17)25-23(28)13-14-24(25)29/h1-8,10,12-14,21H,9,11,15H2. The van der Waals surface area contributed by atoms with Crippen molar-refractivity contribution in [3.8, 4) is 0 Å². The van der Waals surface area contributed by atoms with Crippen molar-refractivity contribution in [2.45, 2.75) is 25.2 Å². The van der Waals surface area contributed by atoms with Gasteiger partial charge in [-0.1, -0.05) is 36.4 Å². The van der Waals surface area contributed by atoms with Crippen molar-refractivity contribution in [1.29, 1.82) is 0 Å². The topological polar surface area (TPSA) is 71.5 Å². The molecule has 0 spiro atoms. The summed E-state index contributed by atoms with van der Waals surface area (Å²) in [5, 5.41) is 0. The van der Waals surface area contributed by atoms with Crippen molar-refractivity contribution in [3.63, 3.8) is 0 Å². The summed E-state index contributed by atoms with van der Waals surface area (Å²) in [7, 11) is 0. The lowest BCUT2D eigenvalue weighted by atomic mass is 9.90. The highest BCUT2D eigenvalue weighted by Crippen LogP contribution is 2.26. The molecule has 5 heteroatoms. The smallest absolute Gasteiger partial charge is 0.258 e. The summed E-state index contributed by atoms with van der Waals surface area (Å²) in [6.45, 7) is 0. The number of benzene rings is 2. The number of carbonyl (C=O) groups excluding carboxylic acids is 4. The van der Waals surface area contributed by atoms with E-state index in [1.165, 1.54) is 24.3 Å². The summed E-state index contributed by atoms with van der Waals surface area (Å²) in [5.74, 6) is -0.963. The lowest BCUT2D eigenvalue weighted by Crippen LogP contribution is -2.29. The predicted molar refractivity (Wildman–Crippen MR) is 108 cm³/mol. The number of hydrogen-bond donors (Lipinski definition) is 0. The van der Waals surface area contributed by atoms with Crippen LogP contribution < -0.4 is 4.90 Å². The molecule has 1 unspecified atom stereocenters. The molecule has 1 atom stereocenters. The molecule has 0 bridgehead atoms. The van der Waals surface area contributed by atoms with Gasteiger partial charge in [-0.3, -0.25) is 19.2 Å². The monoisotopic (exact) mass is 385 g/mol. The Balaban J connectivity index is 1.44. The maximum Gasteiger partial charge on any atom is 0.258 e. The minimum absolute atomic E-state index is 0.00553. The zero-order valence-electron chi connectivity index (χ0n) is 15.7. The Morgan fingerprint density at radius 1 is 0.724 bits per heavy atom. The van der Waals surface area contributed by atoms with Crippen molar-refractivity contribution in [2.75, 3.05) is 4.90 Å². The van der Waals surface area contributed by atoms with Gasteiger partial charge in [0, 0.05) is 24.5 Å². The van der Waals surface area contributed by atoms with Gasteiger partial charge in [-0.25, -0.2) is 4.90 Å². The third-order valence-corrected chi connectivity index (χ3v) is 5.25. The number of amides is 2. The maximum atomic E-state index is 12.2. The van der Waals surface area contributed by atoms with Crippen molar-refractivity contribution in [3.05, 3.63) is 89.5 Å². The molecule has 2 aromatic rings. The van der Waals surface area contributed by atoms with Crippen LogP contribution in [0.5, 0.6) is 0 Å². The molecule has 4 rings (SSSR count). The second kappa shape index (κ2) is 7.80. The quantitative estimate of drug-likeness (QED) is 0.758. The largest absolute Gasteiger partial charge is 0.295 e. The molecule has 1 heterocycles. The van der Waals surface area contributed by atoms with Crippen LogP contribution >= 0.6 is 0 Å². The van der Waals surface area contributed by atoms with Crippen molar-refractivity contribution in [1.82, 2.24) is 0 Å². The third-order valence-electron chi connectivity index (χ3n) is 5.25. The van der Waals surface area contributed by atoms with Crippen LogP contribution in [0.25, 0.3) is 0 Å². The van der Waals surface area contributed by atoms with Gasteiger partial charge in [0.25, 0.3) is 11.8 Å². The van der Waals surface area contributed by atoms with Crippen LogP contribution in [0.15, 0.2) is 72.8 Å². The Labute approximate surface area is 168 Å². The van der Waals surface area contributed by atoms with E-state index < -0.39 is 0 Å². The first-order chi connectivity index (χ1) is 14.0. The van der Waals surface area contributed by atoms with Gasteiger partial charge in [0.05, 0.1) is 5.69 Å². The fraction of sp³-hybridized carbons (Fsp3) is 0.167. The van der Waals surface area contributed by atoms with E-state index in [1.54, 1.807) is 12.1 Å². The predicted octanol–water partition coefficient (Wildman–Crippen LogP) is 3.28. The van der Waals surface area contributed by atoms with Crippen LogP contribution in [-0.4, -0.2) is 23.4 Å². The highest BCUT2D eigenvalue weighted by atomic mass is 16.2. The summed E-state index contributed by atoms with van der Waals surface area (Å²) in [5.41, 5.74) is 3.61. The van der Waals surface area contributed by atoms with E-state index in [2.05, 4.69) is 0 Å². The van der Waals surface area contributed by atoms with Crippen LogP contribution in [0.4, 0.5) is 5.69 Å². The lowest BCUT2D eigenvalue weighted by molar-refractivity contribution is -0.120. The Hall–Kier alpha value is -3.60. The Bertz CT molecular complexity index is 1030. The summed E-state index contributed by atoms with van der Waals surface area (Å²) in [6.07, 6.45) is 6.91. The molecular weight excluding hydrogens is 366 g/mol. The number of hydrogen-bond acceptors (Lipinski definition) is 4. The summed E-state index contributed by atoms with van der Waals surface area (Å²) < 4.78 is 0.